The normalized spacial score (nSPS) is 10.6. The Morgan fingerprint density at radius 3 is 2.70 bits per heavy atom. The topological polar surface area (TPSA) is 73.2 Å². The van der Waals surface area contributed by atoms with Crippen LogP contribution in [0.2, 0.25) is 0 Å². The predicted molar refractivity (Wildman–Crippen MR) is 107 cm³/mol. The number of ether oxygens (including phenoxy) is 1. The van der Waals surface area contributed by atoms with Crippen molar-refractivity contribution in [3.05, 3.63) is 74.6 Å². The van der Waals surface area contributed by atoms with Crippen LogP contribution >= 0.6 is 11.3 Å². The number of nitrogens with zero attached hydrogens (tertiary/aromatic N) is 2. The summed E-state index contributed by atoms with van der Waals surface area (Å²) in [6.45, 7) is 4.28. The molecular weight excluding hydrogens is 362 g/mol. The molecule has 0 unspecified atom stereocenters. The lowest BCUT2D eigenvalue weighted by Crippen LogP contribution is -2.21. The van der Waals surface area contributed by atoms with Crippen molar-refractivity contribution in [3.8, 4) is 5.75 Å². The van der Waals surface area contributed by atoms with Crippen LogP contribution in [0.25, 0.3) is 0 Å². The first-order valence-electron chi connectivity index (χ1n) is 8.63. The highest BCUT2D eigenvalue weighted by Crippen LogP contribution is 2.23. The molecule has 0 aliphatic carbocycles. The number of aryl methyl sites for hydroxylation is 3. The van der Waals surface area contributed by atoms with E-state index in [1.54, 1.807) is 11.6 Å². The van der Waals surface area contributed by atoms with Crippen LogP contribution in [0.4, 0.5) is 5.13 Å². The van der Waals surface area contributed by atoms with Crippen molar-refractivity contribution >= 4 is 22.4 Å². The summed E-state index contributed by atoms with van der Waals surface area (Å²) in [4.78, 5) is 30.4. The quantitative estimate of drug-likeness (QED) is 0.707. The number of carbonyl (C=O) groups excluding carboxylic acids is 1. The Morgan fingerprint density at radius 1 is 1.30 bits per heavy atom. The van der Waals surface area contributed by atoms with Gasteiger partial charge in [0.25, 0.3) is 5.91 Å². The minimum atomic E-state index is -0.374. The van der Waals surface area contributed by atoms with E-state index in [0.717, 1.165) is 22.6 Å². The Morgan fingerprint density at radius 2 is 2.04 bits per heavy atom. The van der Waals surface area contributed by atoms with Crippen molar-refractivity contribution in [3.63, 3.8) is 0 Å². The number of rotatable bonds is 6. The van der Waals surface area contributed by atoms with Crippen LogP contribution in [0.5, 0.6) is 5.75 Å². The maximum absolute atomic E-state index is 12.5. The molecule has 1 amide bonds. The van der Waals surface area contributed by atoms with E-state index in [-0.39, 0.29) is 22.8 Å². The summed E-state index contributed by atoms with van der Waals surface area (Å²) in [6, 6.07) is 10.9. The number of amides is 1. The van der Waals surface area contributed by atoms with Gasteiger partial charge in [0, 0.05) is 18.0 Å². The summed E-state index contributed by atoms with van der Waals surface area (Å²) in [5.41, 5.74) is 1.85. The molecule has 0 fully saturated rings. The van der Waals surface area contributed by atoms with Gasteiger partial charge in [-0.1, -0.05) is 37.3 Å². The zero-order valence-corrected chi connectivity index (χ0v) is 16.3. The monoisotopic (exact) mass is 383 g/mol. The maximum Gasteiger partial charge on any atom is 0.274 e. The lowest BCUT2D eigenvalue weighted by Gasteiger charge is -2.11. The van der Waals surface area contributed by atoms with Gasteiger partial charge in [0.05, 0.1) is 11.9 Å². The van der Waals surface area contributed by atoms with Crippen molar-refractivity contribution in [2.24, 2.45) is 7.05 Å². The number of pyridine rings is 1. The molecule has 0 saturated heterocycles. The van der Waals surface area contributed by atoms with Gasteiger partial charge in [-0.3, -0.25) is 14.9 Å². The second kappa shape index (κ2) is 8.18. The van der Waals surface area contributed by atoms with Gasteiger partial charge in [0.1, 0.15) is 12.3 Å². The minimum absolute atomic E-state index is 0.205. The smallest absolute Gasteiger partial charge is 0.274 e. The molecule has 3 rings (SSSR count). The molecule has 0 aliphatic rings. The van der Waals surface area contributed by atoms with Gasteiger partial charge in [-0.2, -0.15) is 0 Å². The molecule has 1 aromatic carbocycles. The number of nitrogens with one attached hydrogen (secondary N) is 1. The first-order chi connectivity index (χ1) is 13.0. The van der Waals surface area contributed by atoms with Gasteiger partial charge in [-0.25, -0.2) is 4.98 Å². The van der Waals surface area contributed by atoms with Gasteiger partial charge in [-0.15, -0.1) is 11.3 Å². The van der Waals surface area contributed by atoms with Crippen molar-refractivity contribution in [2.45, 2.75) is 26.9 Å². The fourth-order valence-corrected chi connectivity index (χ4v) is 3.54. The fraction of sp³-hybridized carbons (Fsp3) is 0.250. The second-order valence-corrected chi connectivity index (χ2v) is 7.31. The molecule has 0 aliphatic heterocycles. The van der Waals surface area contributed by atoms with E-state index in [0.29, 0.717) is 11.7 Å². The van der Waals surface area contributed by atoms with Crippen molar-refractivity contribution in [1.82, 2.24) is 9.55 Å². The van der Waals surface area contributed by atoms with E-state index >= 15 is 0 Å². The molecule has 140 valence electrons. The second-order valence-electron chi connectivity index (χ2n) is 6.10. The lowest BCUT2D eigenvalue weighted by molar-refractivity contribution is 0.101. The van der Waals surface area contributed by atoms with Crippen LogP contribution in [0.3, 0.4) is 0 Å². The van der Waals surface area contributed by atoms with Gasteiger partial charge in [-0.05, 0) is 18.9 Å². The van der Waals surface area contributed by atoms with E-state index in [9.17, 15) is 9.59 Å². The van der Waals surface area contributed by atoms with Crippen LogP contribution in [0.15, 0.2) is 47.4 Å². The molecule has 0 bridgehead atoms. The molecular formula is C20H21N3O3S. The Hall–Kier alpha value is -2.93. The fourth-order valence-electron chi connectivity index (χ4n) is 2.65. The van der Waals surface area contributed by atoms with Crippen molar-refractivity contribution in [1.29, 1.82) is 0 Å². The SMILES string of the molecule is CCc1nc(NC(=O)c2cc(=O)c(OCc3ccccc3)cn2C)sc1C. The van der Waals surface area contributed by atoms with Crippen LogP contribution in [-0.4, -0.2) is 15.5 Å². The maximum atomic E-state index is 12.5. The van der Waals surface area contributed by atoms with E-state index in [1.165, 1.54) is 23.6 Å². The minimum Gasteiger partial charge on any atom is -0.483 e. The molecule has 0 atom stereocenters. The Balaban J connectivity index is 1.75. The summed E-state index contributed by atoms with van der Waals surface area (Å²) < 4.78 is 7.20. The number of hydrogen-bond acceptors (Lipinski definition) is 5. The third-order valence-electron chi connectivity index (χ3n) is 4.12. The van der Waals surface area contributed by atoms with E-state index in [1.807, 2.05) is 44.2 Å². The number of hydrogen-bond donors (Lipinski definition) is 1. The average Bonchev–Trinajstić information content (AvgIpc) is 3.02. The summed E-state index contributed by atoms with van der Waals surface area (Å²) in [7, 11) is 1.70. The highest BCUT2D eigenvalue weighted by molar-refractivity contribution is 7.15. The zero-order chi connectivity index (χ0) is 19.4. The molecule has 0 saturated carbocycles. The molecule has 6 nitrogen and oxygen atoms in total. The molecule has 0 spiro atoms. The van der Waals surface area contributed by atoms with Crippen molar-refractivity contribution in [2.75, 3.05) is 5.32 Å². The summed E-state index contributed by atoms with van der Waals surface area (Å²) >= 11 is 1.43. The standard InChI is InChI=1S/C20H21N3O3S/c1-4-15-13(2)27-20(21-15)22-19(25)16-10-17(24)18(11-23(16)3)26-12-14-8-6-5-7-9-14/h5-11H,4,12H2,1-3H3,(H,21,22,25). The zero-order valence-electron chi connectivity index (χ0n) is 15.5. The number of thiazole rings is 1. The van der Waals surface area contributed by atoms with Gasteiger partial charge in [0.15, 0.2) is 10.9 Å². The Kier molecular flexibility index (Phi) is 5.71. The van der Waals surface area contributed by atoms with Gasteiger partial charge < -0.3 is 9.30 Å². The number of carbonyl (C=O) groups is 1. The summed E-state index contributed by atoms with van der Waals surface area (Å²) in [6.07, 6.45) is 2.34. The largest absolute Gasteiger partial charge is 0.483 e. The number of benzene rings is 1. The molecule has 1 N–H and O–H groups in total. The van der Waals surface area contributed by atoms with E-state index in [2.05, 4.69) is 10.3 Å². The Labute approximate surface area is 161 Å². The van der Waals surface area contributed by atoms with Crippen LogP contribution < -0.4 is 15.5 Å². The highest BCUT2D eigenvalue weighted by Gasteiger charge is 2.15. The molecule has 2 aromatic heterocycles. The predicted octanol–water partition coefficient (Wildman–Crippen LogP) is 3.54. The molecule has 7 heteroatoms. The highest BCUT2D eigenvalue weighted by atomic mass is 32.1. The van der Waals surface area contributed by atoms with Gasteiger partial charge in [0.2, 0.25) is 5.43 Å². The number of anilines is 1. The third-order valence-corrected chi connectivity index (χ3v) is 5.05. The average molecular weight is 383 g/mol. The molecule has 3 aromatic rings. The lowest BCUT2D eigenvalue weighted by atomic mass is 10.2. The molecule has 27 heavy (non-hydrogen) atoms. The van der Waals surface area contributed by atoms with E-state index < -0.39 is 0 Å². The number of aromatic nitrogens is 2. The summed E-state index contributed by atoms with van der Waals surface area (Å²) in [5, 5.41) is 3.30. The first kappa shape index (κ1) is 18.8. The van der Waals surface area contributed by atoms with Crippen LogP contribution in [0.1, 0.15) is 33.5 Å². The third kappa shape index (κ3) is 4.43. The Bertz CT molecular complexity index is 1010. The van der Waals surface area contributed by atoms with Crippen molar-refractivity contribution < 1.29 is 9.53 Å². The van der Waals surface area contributed by atoms with E-state index in [4.69, 9.17) is 4.74 Å². The first-order valence-corrected chi connectivity index (χ1v) is 9.44. The summed E-state index contributed by atoms with van der Waals surface area (Å²) in [5.74, 6) is -0.170. The molecule has 0 radical (unpaired) electrons. The van der Waals surface area contributed by atoms with Gasteiger partial charge >= 0.3 is 0 Å². The van der Waals surface area contributed by atoms with Crippen LogP contribution in [-0.2, 0) is 20.1 Å². The van der Waals surface area contributed by atoms with Crippen LogP contribution in [0, 0.1) is 6.92 Å². The molecule has 2 heterocycles.